The summed E-state index contributed by atoms with van der Waals surface area (Å²) in [6.07, 6.45) is 0. The molecule has 2 heterocycles. The van der Waals surface area contributed by atoms with Gasteiger partial charge in [-0.05, 0) is 18.2 Å². The van der Waals surface area contributed by atoms with E-state index in [-0.39, 0.29) is 0 Å². The molecular weight excluding hydrogens is 254 g/mol. The summed E-state index contributed by atoms with van der Waals surface area (Å²) in [5.74, 6) is 2.29. The van der Waals surface area contributed by atoms with Crippen molar-refractivity contribution in [1.29, 1.82) is 0 Å². The molecule has 88 valence electrons. The Balaban J connectivity index is 1.97. The number of benzene rings is 1. The Hall–Kier alpha value is -1.20. The normalized spacial score (nSPS) is 13.7. The maximum atomic E-state index is 5.55. The Morgan fingerprint density at radius 1 is 1.24 bits per heavy atom. The van der Waals surface area contributed by atoms with Gasteiger partial charge >= 0.3 is 0 Å². The van der Waals surface area contributed by atoms with Crippen LogP contribution in [0.4, 0.5) is 0 Å². The van der Waals surface area contributed by atoms with Gasteiger partial charge in [0.15, 0.2) is 11.5 Å². The van der Waals surface area contributed by atoms with Crippen LogP contribution in [0.1, 0.15) is 5.01 Å². The molecule has 3 nitrogen and oxygen atoms in total. The quantitative estimate of drug-likeness (QED) is 0.847. The van der Waals surface area contributed by atoms with Crippen molar-refractivity contribution in [2.75, 3.05) is 13.2 Å². The Labute approximate surface area is 109 Å². The highest BCUT2D eigenvalue weighted by Gasteiger charge is 2.13. The summed E-state index contributed by atoms with van der Waals surface area (Å²) in [5, 5.41) is 3.06. The van der Waals surface area contributed by atoms with Crippen LogP contribution in [-0.4, -0.2) is 18.2 Å². The number of ether oxygens (including phenoxy) is 2. The Kier molecular flexibility index (Phi) is 2.94. The summed E-state index contributed by atoms with van der Waals surface area (Å²) in [6.45, 7) is 1.22. The smallest absolute Gasteiger partial charge is 0.162 e. The van der Waals surface area contributed by atoms with Crippen LogP contribution in [0.25, 0.3) is 11.3 Å². The second kappa shape index (κ2) is 4.58. The van der Waals surface area contributed by atoms with Crippen molar-refractivity contribution in [3.05, 3.63) is 28.6 Å². The Bertz CT molecular complexity index is 539. The molecule has 0 radical (unpaired) electrons. The third-order valence-electron chi connectivity index (χ3n) is 2.52. The van der Waals surface area contributed by atoms with E-state index in [4.69, 9.17) is 9.47 Å². The fraction of sp³-hybridized carbons (Fsp3) is 0.250. The molecule has 3 rings (SSSR count). The monoisotopic (exact) mass is 265 g/mol. The molecule has 0 N–H and O–H groups in total. The van der Waals surface area contributed by atoms with Crippen LogP contribution in [-0.2, 0) is 5.75 Å². The molecule has 1 aromatic carbocycles. The molecular formula is C12H11NO2S2. The number of nitrogens with zero attached hydrogens (tertiary/aromatic N) is 1. The SMILES string of the molecule is SCc1nc(-c2ccc3c(c2)OCCO3)cs1. The van der Waals surface area contributed by atoms with Crippen LogP contribution in [0.3, 0.4) is 0 Å². The van der Waals surface area contributed by atoms with Crippen molar-refractivity contribution in [2.24, 2.45) is 0 Å². The number of fused-ring (bicyclic) bond motifs is 1. The average molecular weight is 265 g/mol. The maximum Gasteiger partial charge on any atom is 0.162 e. The summed E-state index contributed by atoms with van der Waals surface area (Å²) in [4.78, 5) is 4.49. The van der Waals surface area contributed by atoms with Crippen LogP contribution in [0, 0.1) is 0 Å². The zero-order valence-corrected chi connectivity index (χ0v) is 10.8. The summed E-state index contributed by atoms with van der Waals surface area (Å²) >= 11 is 5.84. The van der Waals surface area contributed by atoms with Gasteiger partial charge in [0.05, 0.1) is 5.69 Å². The van der Waals surface area contributed by atoms with Crippen molar-refractivity contribution in [1.82, 2.24) is 4.98 Å². The Morgan fingerprint density at radius 3 is 2.82 bits per heavy atom. The molecule has 17 heavy (non-hydrogen) atoms. The first-order valence-electron chi connectivity index (χ1n) is 5.32. The van der Waals surface area contributed by atoms with E-state index in [1.807, 2.05) is 23.6 Å². The largest absolute Gasteiger partial charge is 0.486 e. The van der Waals surface area contributed by atoms with Crippen LogP contribution in [0.2, 0.25) is 0 Å². The van der Waals surface area contributed by atoms with E-state index in [2.05, 4.69) is 17.6 Å². The van der Waals surface area contributed by atoms with E-state index in [0.717, 1.165) is 27.8 Å². The molecule has 0 unspecified atom stereocenters. The van der Waals surface area contributed by atoms with Gasteiger partial charge < -0.3 is 9.47 Å². The number of hydrogen-bond acceptors (Lipinski definition) is 5. The van der Waals surface area contributed by atoms with Crippen LogP contribution >= 0.6 is 24.0 Å². The predicted molar refractivity (Wildman–Crippen MR) is 71.2 cm³/mol. The zero-order valence-electron chi connectivity index (χ0n) is 9.05. The van der Waals surface area contributed by atoms with Crippen molar-refractivity contribution in [3.63, 3.8) is 0 Å². The molecule has 0 atom stereocenters. The van der Waals surface area contributed by atoms with Gasteiger partial charge in [-0.25, -0.2) is 4.98 Å². The van der Waals surface area contributed by atoms with Crippen molar-refractivity contribution < 1.29 is 9.47 Å². The lowest BCUT2D eigenvalue weighted by molar-refractivity contribution is 0.171. The van der Waals surface area contributed by atoms with Crippen LogP contribution in [0.5, 0.6) is 11.5 Å². The topological polar surface area (TPSA) is 31.4 Å². The van der Waals surface area contributed by atoms with Gasteiger partial charge in [-0.3, -0.25) is 0 Å². The first kappa shape index (κ1) is 10.9. The minimum atomic E-state index is 0.607. The van der Waals surface area contributed by atoms with E-state index in [0.29, 0.717) is 19.0 Å². The lowest BCUT2D eigenvalue weighted by Crippen LogP contribution is -2.15. The number of thiazole rings is 1. The molecule has 2 aromatic rings. The fourth-order valence-electron chi connectivity index (χ4n) is 1.72. The summed E-state index contributed by atoms with van der Waals surface area (Å²) in [7, 11) is 0. The van der Waals surface area contributed by atoms with Gasteiger partial charge in [0.25, 0.3) is 0 Å². The maximum absolute atomic E-state index is 5.55. The lowest BCUT2D eigenvalue weighted by atomic mass is 10.1. The minimum Gasteiger partial charge on any atom is -0.486 e. The van der Waals surface area contributed by atoms with Crippen molar-refractivity contribution in [2.45, 2.75) is 5.75 Å². The molecule has 0 amide bonds. The fourth-order valence-corrected chi connectivity index (χ4v) is 2.68. The molecule has 1 aliphatic heterocycles. The van der Waals surface area contributed by atoms with Gasteiger partial charge in [-0.15, -0.1) is 11.3 Å². The third kappa shape index (κ3) is 2.12. The molecule has 0 bridgehead atoms. The van der Waals surface area contributed by atoms with Gasteiger partial charge in [0.1, 0.15) is 18.2 Å². The summed E-state index contributed by atoms with van der Waals surface area (Å²) in [5.41, 5.74) is 2.02. The van der Waals surface area contributed by atoms with E-state index in [1.54, 1.807) is 11.3 Å². The molecule has 0 saturated carbocycles. The van der Waals surface area contributed by atoms with Crippen molar-refractivity contribution in [3.8, 4) is 22.8 Å². The summed E-state index contributed by atoms with van der Waals surface area (Å²) < 4.78 is 11.0. The van der Waals surface area contributed by atoms with Gasteiger partial charge in [-0.1, -0.05) is 0 Å². The van der Waals surface area contributed by atoms with E-state index < -0.39 is 0 Å². The lowest BCUT2D eigenvalue weighted by Gasteiger charge is -2.18. The molecule has 1 aliphatic rings. The number of thiol groups is 1. The summed E-state index contributed by atoms with van der Waals surface area (Å²) in [6, 6.07) is 5.92. The molecule has 0 saturated heterocycles. The molecule has 0 fully saturated rings. The zero-order chi connectivity index (χ0) is 11.7. The first-order chi connectivity index (χ1) is 8.36. The average Bonchev–Trinajstić information content (AvgIpc) is 2.87. The predicted octanol–water partition coefficient (Wildman–Crippen LogP) is 3.01. The number of aromatic nitrogens is 1. The van der Waals surface area contributed by atoms with E-state index in [9.17, 15) is 0 Å². The van der Waals surface area contributed by atoms with E-state index in [1.165, 1.54) is 0 Å². The number of hydrogen-bond donors (Lipinski definition) is 1. The van der Waals surface area contributed by atoms with Gasteiger partial charge in [-0.2, -0.15) is 12.6 Å². The second-order valence-electron chi connectivity index (χ2n) is 3.64. The number of rotatable bonds is 2. The second-order valence-corrected chi connectivity index (χ2v) is 4.90. The molecule has 5 heteroatoms. The third-order valence-corrected chi connectivity index (χ3v) is 3.89. The minimum absolute atomic E-state index is 0.607. The van der Waals surface area contributed by atoms with Gasteiger partial charge in [0.2, 0.25) is 0 Å². The standard InChI is InChI=1S/C12H11NO2S2/c16-6-12-13-9(7-17-12)8-1-2-10-11(5-8)15-4-3-14-10/h1-2,5,7,16H,3-4,6H2. The van der Waals surface area contributed by atoms with Crippen LogP contribution in [0.15, 0.2) is 23.6 Å². The molecule has 0 aliphatic carbocycles. The first-order valence-corrected chi connectivity index (χ1v) is 6.83. The van der Waals surface area contributed by atoms with Crippen LogP contribution < -0.4 is 9.47 Å². The highest BCUT2D eigenvalue weighted by Crippen LogP contribution is 2.34. The van der Waals surface area contributed by atoms with Crippen molar-refractivity contribution >= 4 is 24.0 Å². The van der Waals surface area contributed by atoms with Gasteiger partial charge in [0, 0.05) is 16.7 Å². The molecule has 0 spiro atoms. The highest BCUT2D eigenvalue weighted by molar-refractivity contribution is 7.79. The highest BCUT2D eigenvalue weighted by atomic mass is 32.1. The van der Waals surface area contributed by atoms with E-state index >= 15 is 0 Å². The Morgan fingerprint density at radius 2 is 2.06 bits per heavy atom. The molecule has 1 aromatic heterocycles.